The zero-order valence-electron chi connectivity index (χ0n) is 12.2. The Morgan fingerprint density at radius 2 is 2.10 bits per heavy atom. The van der Waals surface area contributed by atoms with E-state index >= 15 is 0 Å². The van der Waals surface area contributed by atoms with Gasteiger partial charge in [0.15, 0.2) is 0 Å². The van der Waals surface area contributed by atoms with E-state index < -0.39 is 0 Å². The van der Waals surface area contributed by atoms with Crippen LogP contribution in [-0.2, 0) is 6.54 Å². The van der Waals surface area contributed by atoms with E-state index in [1.165, 1.54) is 42.3 Å². The lowest BCUT2D eigenvalue weighted by Gasteiger charge is -2.02. The molecule has 1 heterocycles. The van der Waals surface area contributed by atoms with Gasteiger partial charge in [-0.15, -0.1) is 11.3 Å². The minimum atomic E-state index is -0.184. The normalized spacial score (nSPS) is 18.2. The minimum Gasteiger partial charge on any atom is -0.309 e. The Hall–Kier alpha value is -1.26. The molecule has 0 amide bonds. The number of halogens is 1. The molecule has 0 spiro atoms. The molecule has 2 aliphatic carbocycles. The minimum absolute atomic E-state index is 0.184. The zero-order valence-corrected chi connectivity index (χ0v) is 13.0. The van der Waals surface area contributed by atoms with Gasteiger partial charge in [0.25, 0.3) is 0 Å². The van der Waals surface area contributed by atoms with Crippen LogP contribution in [0.2, 0.25) is 0 Å². The molecule has 1 N–H and O–H groups in total. The van der Waals surface area contributed by atoms with Gasteiger partial charge in [0.1, 0.15) is 10.8 Å². The van der Waals surface area contributed by atoms with Crippen LogP contribution in [0.4, 0.5) is 4.39 Å². The van der Waals surface area contributed by atoms with E-state index in [0.29, 0.717) is 12.0 Å². The summed E-state index contributed by atoms with van der Waals surface area (Å²) in [5, 5.41) is 4.56. The molecule has 110 valence electrons. The number of rotatable bonds is 5. The molecule has 1 aromatic carbocycles. The van der Waals surface area contributed by atoms with Gasteiger partial charge in [0, 0.05) is 28.9 Å². The number of hydrogen-bond acceptors (Lipinski definition) is 3. The van der Waals surface area contributed by atoms with Crippen molar-refractivity contribution in [1.82, 2.24) is 10.3 Å². The third-order valence-corrected chi connectivity index (χ3v) is 5.35. The number of nitrogens with zero attached hydrogens (tertiary/aromatic N) is 1. The predicted octanol–water partition coefficient (Wildman–Crippen LogP) is 4.39. The van der Waals surface area contributed by atoms with Crippen molar-refractivity contribution >= 4 is 11.3 Å². The first-order valence-electron chi connectivity index (χ1n) is 7.70. The maximum Gasteiger partial charge on any atom is 0.124 e. The molecule has 2 aliphatic rings. The third-order valence-electron chi connectivity index (χ3n) is 4.25. The molecular weight excluding hydrogens is 283 g/mol. The van der Waals surface area contributed by atoms with Crippen molar-refractivity contribution in [3.63, 3.8) is 0 Å². The molecule has 4 rings (SSSR count). The molecule has 0 bridgehead atoms. The lowest BCUT2D eigenvalue weighted by molar-refractivity contribution is 0.628. The van der Waals surface area contributed by atoms with Crippen LogP contribution < -0.4 is 5.32 Å². The molecule has 2 aromatic rings. The number of aromatic nitrogens is 1. The van der Waals surface area contributed by atoms with Gasteiger partial charge in [-0.1, -0.05) is 6.07 Å². The Kier molecular flexibility index (Phi) is 3.31. The van der Waals surface area contributed by atoms with Crippen molar-refractivity contribution in [1.29, 1.82) is 0 Å². The van der Waals surface area contributed by atoms with Crippen LogP contribution in [0.15, 0.2) is 18.2 Å². The average Bonchev–Trinajstić information content (AvgIpc) is 3.38. The highest BCUT2D eigenvalue weighted by Gasteiger charge is 2.30. The van der Waals surface area contributed by atoms with Crippen LogP contribution in [0, 0.1) is 12.7 Å². The van der Waals surface area contributed by atoms with Crippen molar-refractivity contribution in [3.05, 3.63) is 40.2 Å². The summed E-state index contributed by atoms with van der Waals surface area (Å²) in [4.78, 5) is 6.20. The van der Waals surface area contributed by atoms with E-state index in [1.54, 1.807) is 17.4 Å². The van der Waals surface area contributed by atoms with Crippen LogP contribution in [0.3, 0.4) is 0 Å². The third kappa shape index (κ3) is 2.87. The Labute approximate surface area is 128 Å². The molecule has 2 fully saturated rings. The van der Waals surface area contributed by atoms with Crippen LogP contribution >= 0.6 is 11.3 Å². The van der Waals surface area contributed by atoms with Gasteiger partial charge in [-0.05, 0) is 50.3 Å². The Morgan fingerprint density at radius 1 is 1.29 bits per heavy atom. The van der Waals surface area contributed by atoms with Gasteiger partial charge in [0.05, 0.1) is 5.69 Å². The molecule has 1 aromatic heterocycles. The molecular formula is C17H19FN2S. The molecule has 0 unspecified atom stereocenters. The van der Waals surface area contributed by atoms with E-state index in [1.807, 2.05) is 13.0 Å². The maximum absolute atomic E-state index is 13.5. The van der Waals surface area contributed by atoms with Gasteiger partial charge in [-0.2, -0.15) is 0 Å². The van der Waals surface area contributed by atoms with E-state index in [9.17, 15) is 4.39 Å². The van der Waals surface area contributed by atoms with Crippen LogP contribution in [0.25, 0.3) is 10.6 Å². The van der Waals surface area contributed by atoms with Crippen LogP contribution in [0.5, 0.6) is 0 Å². The lowest BCUT2D eigenvalue weighted by atomic mass is 10.1. The molecule has 0 aliphatic heterocycles. The van der Waals surface area contributed by atoms with Gasteiger partial charge in [-0.25, -0.2) is 9.37 Å². The fraction of sp³-hybridized carbons (Fsp3) is 0.471. The first-order valence-corrected chi connectivity index (χ1v) is 8.52. The summed E-state index contributed by atoms with van der Waals surface area (Å²) in [5.41, 5.74) is 3.29. The lowest BCUT2D eigenvalue weighted by Crippen LogP contribution is -2.15. The first-order chi connectivity index (χ1) is 10.2. The smallest absolute Gasteiger partial charge is 0.124 e. The molecule has 2 nitrogen and oxygen atoms in total. The van der Waals surface area contributed by atoms with Crippen molar-refractivity contribution in [2.24, 2.45) is 0 Å². The second-order valence-corrected chi connectivity index (χ2v) is 7.30. The molecule has 21 heavy (non-hydrogen) atoms. The fourth-order valence-electron chi connectivity index (χ4n) is 2.63. The second kappa shape index (κ2) is 5.18. The van der Waals surface area contributed by atoms with Crippen molar-refractivity contribution < 1.29 is 4.39 Å². The van der Waals surface area contributed by atoms with Gasteiger partial charge < -0.3 is 5.32 Å². The Bertz CT molecular complexity index is 671. The quantitative estimate of drug-likeness (QED) is 0.886. The summed E-state index contributed by atoms with van der Waals surface area (Å²) in [6.45, 7) is 2.94. The van der Waals surface area contributed by atoms with Crippen LogP contribution in [0.1, 0.15) is 47.7 Å². The molecule has 4 heteroatoms. The van der Waals surface area contributed by atoms with E-state index in [0.717, 1.165) is 22.7 Å². The summed E-state index contributed by atoms with van der Waals surface area (Å²) >= 11 is 1.73. The monoisotopic (exact) mass is 302 g/mol. The van der Waals surface area contributed by atoms with E-state index in [-0.39, 0.29) is 5.82 Å². The number of nitrogens with one attached hydrogen (secondary N) is 1. The van der Waals surface area contributed by atoms with Crippen molar-refractivity contribution in [2.75, 3.05) is 0 Å². The van der Waals surface area contributed by atoms with E-state index in [2.05, 4.69) is 5.32 Å². The predicted molar refractivity (Wildman–Crippen MR) is 84.1 cm³/mol. The van der Waals surface area contributed by atoms with E-state index in [4.69, 9.17) is 4.98 Å². The first kappa shape index (κ1) is 13.4. The van der Waals surface area contributed by atoms with Crippen LogP contribution in [-0.4, -0.2) is 11.0 Å². The van der Waals surface area contributed by atoms with Gasteiger partial charge in [-0.3, -0.25) is 0 Å². The van der Waals surface area contributed by atoms with Gasteiger partial charge in [0.2, 0.25) is 0 Å². The number of aryl methyl sites for hydroxylation is 1. The standard InChI is InChI=1S/C17H19FN2S/c1-10-2-5-12(18)8-14(10)17-20-16(11-3-4-11)15(21-17)9-19-13-6-7-13/h2,5,8,11,13,19H,3-4,6-7,9H2,1H3. The largest absolute Gasteiger partial charge is 0.309 e. The topological polar surface area (TPSA) is 24.9 Å². The zero-order chi connectivity index (χ0) is 14.4. The molecule has 0 atom stereocenters. The highest BCUT2D eigenvalue weighted by Crippen LogP contribution is 2.44. The summed E-state index contributed by atoms with van der Waals surface area (Å²) < 4.78 is 13.5. The highest BCUT2D eigenvalue weighted by atomic mass is 32.1. The summed E-state index contributed by atoms with van der Waals surface area (Å²) in [7, 11) is 0. The summed E-state index contributed by atoms with van der Waals surface area (Å²) in [5.74, 6) is 0.455. The summed E-state index contributed by atoms with van der Waals surface area (Å²) in [6.07, 6.45) is 5.10. The van der Waals surface area contributed by atoms with Crippen molar-refractivity contribution in [2.45, 2.75) is 51.1 Å². The number of thiazole rings is 1. The molecule has 0 saturated heterocycles. The highest BCUT2D eigenvalue weighted by molar-refractivity contribution is 7.15. The number of benzene rings is 1. The van der Waals surface area contributed by atoms with Crippen molar-refractivity contribution in [3.8, 4) is 10.6 Å². The second-order valence-electron chi connectivity index (χ2n) is 6.22. The number of hydrogen-bond donors (Lipinski definition) is 1. The average molecular weight is 302 g/mol. The Balaban J connectivity index is 1.67. The van der Waals surface area contributed by atoms with Gasteiger partial charge >= 0.3 is 0 Å². The SMILES string of the molecule is Cc1ccc(F)cc1-c1nc(C2CC2)c(CNC2CC2)s1. The fourth-order valence-corrected chi connectivity index (χ4v) is 3.81. The summed E-state index contributed by atoms with van der Waals surface area (Å²) in [6, 6.07) is 5.68. The Morgan fingerprint density at radius 3 is 2.81 bits per heavy atom. The maximum atomic E-state index is 13.5. The molecule has 0 radical (unpaired) electrons. The molecule has 2 saturated carbocycles.